The summed E-state index contributed by atoms with van der Waals surface area (Å²) < 4.78 is 7.08. The smallest absolute Gasteiger partial charge is 0.338 e. The van der Waals surface area contributed by atoms with Gasteiger partial charge in [-0.3, -0.25) is 4.68 Å². The highest BCUT2D eigenvalue weighted by Crippen LogP contribution is 2.39. The number of methoxy groups -OCH3 is 1. The van der Waals surface area contributed by atoms with Crippen LogP contribution in [0.25, 0.3) is 11.0 Å². The lowest BCUT2D eigenvalue weighted by Crippen LogP contribution is -2.43. The monoisotopic (exact) mass is 477 g/mol. The van der Waals surface area contributed by atoms with Gasteiger partial charge in [-0.2, -0.15) is 5.10 Å². The number of benzene rings is 1. The predicted molar refractivity (Wildman–Crippen MR) is 136 cm³/mol. The highest BCUT2D eigenvalue weighted by Gasteiger charge is 2.24. The van der Waals surface area contributed by atoms with Crippen LogP contribution in [0.15, 0.2) is 49.1 Å². The van der Waals surface area contributed by atoms with E-state index in [0.717, 1.165) is 54.0 Å². The molecule has 0 unspecified atom stereocenters. The zero-order valence-corrected chi connectivity index (χ0v) is 19.9. The number of aromatic carboxylic acids is 1. The maximum absolute atomic E-state index is 10.7. The Kier molecular flexibility index (Phi) is 7.21. The molecule has 1 fully saturated rings. The largest absolute Gasteiger partial charge is 0.493 e. The van der Waals surface area contributed by atoms with Crippen molar-refractivity contribution in [3.8, 4) is 5.75 Å². The van der Waals surface area contributed by atoms with Gasteiger partial charge in [0.15, 0.2) is 5.75 Å². The SMILES string of the molecule is COc1cnc2[nH]cc(N)c2c1N1CCC[C@@H](N)C1.Cc1ccccc1Cn1cc(C(=O)O)cn1. The summed E-state index contributed by atoms with van der Waals surface area (Å²) in [4.78, 5) is 20.3. The molecule has 184 valence electrons. The molecule has 6 N–H and O–H groups in total. The number of hydrogen-bond donors (Lipinski definition) is 4. The first-order valence-electron chi connectivity index (χ1n) is 11.5. The fourth-order valence-corrected chi connectivity index (χ4v) is 4.28. The number of anilines is 2. The molecule has 10 nitrogen and oxygen atoms in total. The van der Waals surface area contributed by atoms with E-state index in [1.54, 1.807) is 24.2 Å². The van der Waals surface area contributed by atoms with E-state index in [2.05, 4.69) is 20.0 Å². The van der Waals surface area contributed by atoms with Gasteiger partial charge in [0.1, 0.15) is 5.65 Å². The first-order chi connectivity index (χ1) is 16.9. The van der Waals surface area contributed by atoms with Gasteiger partial charge in [0.25, 0.3) is 0 Å². The van der Waals surface area contributed by atoms with Crippen LogP contribution in [0.1, 0.15) is 34.3 Å². The Hall–Kier alpha value is -4.05. The molecule has 10 heteroatoms. The van der Waals surface area contributed by atoms with Gasteiger partial charge in [-0.15, -0.1) is 0 Å². The molecule has 0 aliphatic carbocycles. The summed E-state index contributed by atoms with van der Waals surface area (Å²) in [5.74, 6) is -0.205. The third-order valence-corrected chi connectivity index (χ3v) is 6.14. The molecule has 1 aliphatic rings. The normalized spacial score (nSPS) is 15.5. The fraction of sp³-hybridized carbons (Fsp3) is 0.320. The van der Waals surface area contributed by atoms with E-state index in [4.69, 9.17) is 21.3 Å². The number of rotatable bonds is 5. The van der Waals surface area contributed by atoms with Gasteiger partial charge in [-0.25, -0.2) is 9.78 Å². The molecule has 0 bridgehead atoms. The topological polar surface area (TPSA) is 148 Å². The summed E-state index contributed by atoms with van der Waals surface area (Å²) in [6, 6.07) is 8.17. The number of aromatic amines is 1. The van der Waals surface area contributed by atoms with E-state index in [0.29, 0.717) is 12.2 Å². The lowest BCUT2D eigenvalue weighted by Gasteiger charge is -2.33. The van der Waals surface area contributed by atoms with Gasteiger partial charge in [0.05, 0.1) is 48.4 Å². The minimum Gasteiger partial charge on any atom is -0.493 e. The third kappa shape index (κ3) is 5.38. The van der Waals surface area contributed by atoms with Crippen LogP contribution >= 0.6 is 0 Å². The lowest BCUT2D eigenvalue weighted by molar-refractivity contribution is 0.0696. The minimum absolute atomic E-state index is 0.196. The van der Waals surface area contributed by atoms with Gasteiger partial charge in [-0.05, 0) is 30.9 Å². The second kappa shape index (κ2) is 10.5. The Morgan fingerprint density at radius 2 is 2.11 bits per heavy atom. The number of nitrogens with zero attached hydrogens (tertiary/aromatic N) is 4. The summed E-state index contributed by atoms with van der Waals surface area (Å²) in [5.41, 5.74) is 17.1. The summed E-state index contributed by atoms with van der Waals surface area (Å²) in [6.07, 6.45) is 8.54. The summed E-state index contributed by atoms with van der Waals surface area (Å²) in [6.45, 7) is 4.41. The van der Waals surface area contributed by atoms with E-state index < -0.39 is 5.97 Å². The van der Waals surface area contributed by atoms with Gasteiger partial charge in [0.2, 0.25) is 0 Å². The van der Waals surface area contributed by atoms with Gasteiger partial charge in [0, 0.05) is 31.5 Å². The molecule has 0 spiro atoms. The number of H-pyrrole nitrogens is 1. The molecular formula is C25H31N7O3. The number of ether oxygens (including phenoxy) is 1. The molecule has 35 heavy (non-hydrogen) atoms. The number of nitrogens with one attached hydrogen (secondary N) is 1. The van der Waals surface area contributed by atoms with Crippen molar-refractivity contribution in [1.29, 1.82) is 0 Å². The predicted octanol–water partition coefficient (Wildman–Crippen LogP) is 3.02. The third-order valence-electron chi connectivity index (χ3n) is 6.14. The van der Waals surface area contributed by atoms with Crippen molar-refractivity contribution in [2.24, 2.45) is 5.73 Å². The maximum Gasteiger partial charge on any atom is 0.338 e. The van der Waals surface area contributed by atoms with Crippen molar-refractivity contribution in [2.45, 2.75) is 32.4 Å². The van der Waals surface area contributed by atoms with Crippen molar-refractivity contribution >= 4 is 28.4 Å². The van der Waals surface area contributed by atoms with Gasteiger partial charge in [-0.1, -0.05) is 24.3 Å². The molecule has 0 radical (unpaired) electrons. The molecule has 1 aromatic carbocycles. The van der Waals surface area contributed by atoms with Crippen molar-refractivity contribution in [2.75, 3.05) is 30.8 Å². The van der Waals surface area contributed by atoms with E-state index >= 15 is 0 Å². The second-order valence-electron chi connectivity index (χ2n) is 8.65. The zero-order chi connectivity index (χ0) is 24.9. The van der Waals surface area contributed by atoms with Crippen molar-refractivity contribution < 1.29 is 14.6 Å². The number of carboxylic acid groups (broad SMARTS) is 1. The Bertz CT molecular complexity index is 1310. The maximum atomic E-state index is 10.7. The number of carboxylic acids is 1. The van der Waals surface area contributed by atoms with E-state index in [1.807, 2.05) is 31.2 Å². The average molecular weight is 478 g/mol. The van der Waals surface area contributed by atoms with Crippen LogP contribution in [0.2, 0.25) is 0 Å². The molecule has 1 saturated heterocycles. The highest BCUT2D eigenvalue weighted by atomic mass is 16.5. The standard InChI is InChI=1S/C13H19N5O.C12H12N2O2/c1-19-10-6-17-13-11(9(15)5-16-13)12(10)18-4-2-3-8(14)7-18;1-9-4-2-3-5-10(9)7-14-8-11(6-13-14)12(15)16/h5-6,8H,2-4,7,14-15H2,1H3,(H,16,17);2-6,8H,7H2,1H3,(H,15,16)/t8-;/m1./s1. The molecule has 0 amide bonds. The Morgan fingerprint density at radius 1 is 1.31 bits per heavy atom. The van der Waals surface area contributed by atoms with Crippen molar-refractivity contribution in [3.05, 3.63) is 65.7 Å². The number of nitrogen functional groups attached to an aromatic ring is 1. The van der Waals surface area contributed by atoms with E-state index in [-0.39, 0.29) is 11.6 Å². The number of hydrogen-bond acceptors (Lipinski definition) is 7. The van der Waals surface area contributed by atoms with Crippen LogP contribution in [0.3, 0.4) is 0 Å². The Labute approximate surface area is 203 Å². The first-order valence-corrected chi connectivity index (χ1v) is 11.5. The average Bonchev–Trinajstić information content (AvgIpc) is 3.47. The number of aromatic nitrogens is 4. The Morgan fingerprint density at radius 3 is 2.80 bits per heavy atom. The van der Waals surface area contributed by atoms with Crippen molar-refractivity contribution in [1.82, 2.24) is 19.7 Å². The minimum atomic E-state index is -0.948. The quantitative estimate of drug-likeness (QED) is 0.343. The molecule has 5 rings (SSSR count). The van der Waals surface area contributed by atoms with Crippen LogP contribution < -0.4 is 21.1 Å². The Balaban J connectivity index is 0.000000168. The number of carbonyl (C=O) groups is 1. The fourth-order valence-electron chi connectivity index (χ4n) is 4.28. The van der Waals surface area contributed by atoms with Crippen LogP contribution in [0, 0.1) is 6.92 Å². The van der Waals surface area contributed by atoms with Gasteiger partial charge >= 0.3 is 5.97 Å². The molecular weight excluding hydrogens is 446 g/mol. The van der Waals surface area contributed by atoms with Gasteiger partial charge < -0.3 is 31.2 Å². The number of piperidine rings is 1. The van der Waals surface area contributed by atoms with E-state index in [9.17, 15) is 4.79 Å². The number of nitrogens with two attached hydrogens (primary N) is 2. The van der Waals surface area contributed by atoms with Crippen LogP contribution in [0.4, 0.5) is 11.4 Å². The second-order valence-corrected chi connectivity index (χ2v) is 8.65. The molecule has 1 aliphatic heterocycles. The molecule has 1 atom stereocenters. The molecule has 4 heterocycles. The summed E-state index contributed by atoms with van der Waals surface area (Å²) in [5, 5.41) is 13.7. The molecule has 4 aromatic rings. The molecule has 0 saturated carbocycles. The van der Waals surface area contributed by atoms with Crippen LogP contribution in [-0.2, 0) is 6.54 Å². The van der Waals surface area contributed by atoms with Crippen LogP contribution in [-0.4, -0.2) is 57.1 Å². The van der Waals surface area contributed by atoms with Crippen molar-refractivity contribution in [3.63, 3.8) is 0 Å². The number of aryl methyl sites for hydroxylation is 1. The summed E-state index contributed by atoms with van der Waals surface area (Å²) >= 11 is 0. The zero-order valence-electron chi connectivity index (χ0n) is 19.9. The number of pyridine rings is 1. The van der Waals surface area contributed by atoms with Crippen LogP contribution in [0.5, 0.6) is 5.75 Å². The summed E-state index contributed by atoms with van der Waals surface area (Å²) in [7, 11) is 1.65. The first kappa shape index (κ1) is 24.1. The number of fused-ring (bicyclic) bond motifs is 1. The molecule has 3 aromatic heterocycles. The highest BCUT2D eigenvalue weighted by molar-refractivity contribution is 6.02. The van der Waals surface area contributed by atoms with E-state index in [1.165, 1.54) is 18.0 Å². The lowest BCUT2D eigenvalue weighted by atomic mass is 10.0.